The molecule has 0 unspecified atom stereocenters. The predicted molar refractivity (Wildman–Crippen MR) is 19.4 cm³/mol. The van der Waals surface area contributed by atoms with Gasteiger partial charge in [-0.3, -0.25) is 0 Å². The van der Waals surface area contributed by atoms with Crippen molar-refractivity contribution in [2.24, 2.45) is 0 Å². The molecule has 2 heteroatoms. The summed E-state index contributed by atoms with van der Waals surface area (Å²) in [5, 5.41) is 7.00. The van der Waals surface area contributed by atoms with E-state index in [0.29, 0.717) is 0 Å². The molecule has 0 aliphatic carbocycles. The standard InChI is InChI=1S/C2H4.CH4O.Rh/c2*1-2;/h1-2H2;2H,1H3;/q;;+2. The van der Waals surface area contributed by atoms with Crippen LogP contribution in [0.2, 0.25) is 0 Å². The summed E-state index contributed by atoms with van der Waals surface area (Å²) < 4.78 is 0. The van der Waals surface area contributed by atoms with Crippen LogP contribution < -0.4 is 0 Å². The number of hydrogen-bond donors (Lipinski definition) is 1. The van der Waals surface area contributed by atoms with Crippen molar-refractivity contribution in [1.82, 2.24) is 0 Å². The van der Waals surface area contributed by atoms with Gasteiger partial charge in [-0.2, -0.15) is 0 Å². The van der Waals surface area contributed by atoms with E-state index in [1.54, 1.807) is 0 Å². The zero-order chi connectivity index (χ0) is 4.00. The maximum Gasteiger partial charge on any atom is 2.00 e. The van der Waals surface area contributed by atoms with E-state index in [4.69, 9.17) is 5.11 Å². The molecule has 0 atom stereocenters. The second-order valence-corrected chi connectivity index (χ2v) is 0. The summed E-state index contributed by atoms with van der Waals surface area (Å²) >= 11 is 0. The van der Waals surface area contributed by atoms with Gasteiger partial charge in [-0.1, -0.05) is 0 Å². The van der Waals surface area contributed by atoms with Crippen molar-refractivity contribution in [3.63, 3.8) is 0 Å². The Morgan fingerprint density at radius 3 is 1.20 bits per heavy atom. The van der Waals surface area contributed by atoms with Gasteiger partial charge in [-0.15, -0.1) is 13.2 Å². The van der Waals surface area contributed by atoms with Crippen molar-refractivity contribution in [1.29, 1.82) is 0 Å². The maximum atomic E-state index is 7.00. The molecule has 0 aromatic heterocycles. The molecule has 0 spiro atoms. The van der Waals surface area contributed by atoms with E-state index in [0.717, 1.165) is 7.11 Å². The van der Waals surface area contributed by atoms with Crippen LogP contribution in [0.5, 0.6) is 0 Å². The van der Waals surface area contributed by atoms with E-state index in [9.17, 15) is 0 Å². The van der Waals surface area contributed by atoms with Gasteiger partial charge in [0.1, 0.15) is 0 Å². The molecule has 0 saturated carbocycles. The van der Waals surface area contributed by atoms with Crippen molar-refractivity contribution in [2.75, 3.05) is 7.11 Å². The summed E-state index contributed by atoms with van der Waals surface area (Å²) in [4.78, 5) is 0. The topological polar surface area (TPSA) is 20.2 Å². The molecule has 0 aliphatic rings. The molecule has 0 heterocycles. The van der Waals surface area contributed by atoms with Crippen molar-refractivity contribution in [3.05, 3.63) is 13.2 Å². The van der Waals surface area contributed by atoms with E-state index in [1.807, 2.05) is 0 Å². The van der Waals surface area contributed by atoms with E-state index < -0.39 is 0 Å². The maximum absolute atomic E-state index is 7.00. The van der Waals surface area contributed by atoms with Gasteiger partial charge < -0.3 is 5.11 Å². The SMILES string of the molecule is C=C.CO.[Rh+2]. The quantitative estimate of drug-likeness (QED) is 0.405. The first kappa shape index (κ1) is 18.4. The molecule has 5 heavy (non-hydrogen) atoms. The molecule has 0 aromatic carbocycles. The molecule has 1 N–H and O–H groups in total. The van der Waals surface area contributed by atoms with Crippen molar-refractivity contribution >= 4 is 0 Å². The first-order valence-electron chi connectivity index (χ1n) is 0.947. The van der Waals surface area contributed by atoms with Gasteiger partial charge in [0, 0.05) is 7.11 Å². The molecule has 0 aliphatic heterocycles. The predicted octanol–water partition coefficient (Wildman–Crippen LogP) is 0.408. The van der Waals surface area contributed by atoms with Crippen LogP contribution >= 0.6 is 0 Å². The monoisotopic (exact) mass is 163 g/mol. The van der Waals surface area contributed by atoms with Crippen LogP contribution in [0, 0.1) is 0 Å². The summed E-state index contributed by atoms with van der Waals surface area (Å²) in [6, 6.07) is 0. The van der Waals surface area contributed by atoms with Crippen LogP contribution in [0.4, 0.5) is 0 Å². The van der Waals surface area contributed by atoms with Gasteiger partial charge in [-0.25, -0.2) is 0 Å². The normalized spacial score (nSPS) is 2.00. The Balaban J connectivity index is -0.0000000133. The molecule has 0 saturated heterocycles. The van der Waals surface area contributed by atoms with Crippen LogP contribution in [0.15, 0.2) is 13.2 Å². The van der Waals surface area contributed by atoms with E-state index in [2.05, 4.69) is 13.2 Å². The number of hydrogen-bond acceptors (Lipinski definition) is 1. The average molecular weight is 163 g/mol. The fourth-order valence-electron chi connectivity index (χ4n) is 0. The molecule has 0 rings (SSSR count). The summed E-state index contributed by atoms with van der Waals surface area (Å²) in [7, 11) is 1.00. The minimum atomic E-state index is 0. The van der Waals surface area contributed by atoms with Crippen molar-refractivity contribution in [2.45, 2.75) is 0 Å². The Morgan fingerprint density at radius 2 is 1.20 bits per heavy atom. The largest absolute Gasteiger partial charge is 2.00 e. The average Bonchev–Trinajstić information content (AvgIpc) is 1.50. The Bertz CT molecular complexity index is 6.85. The Morgan fingerprint density at radius 1 is 1.20 bits per heavy atom. The van der Waals surface area contributed by atoms with Gasteiger partial charge in [0.05, 0.1) is 0 Å². The molecule has 0 amide bonds. The minimum Gasteiger partial charge on any atom is -0.400 e. The van der Waals surface area contributed by atoms with Crippen molar-refractivity contribution in [3.8, 4) is 0 Å². The zero-order valence-corrected chi connectivity index (χ0v) is 4.83. The fourth-order valence-corrected chi connectivity index (χ4v) is 0. The smallest absolute Gasteiger partial charge is 0.400 e. The number of aliphatic hydroxyl groups is 1. The molecule has 1 nitrogen and oxygen atoms in total. The van der Waals surface area contributed by atoms with Gasteiger partial charge in [0.2, 0.25) is 0 Å². The summed E-state index contributed by atoms with van der Waals surface area (Å²) in [5.74, 6) is 0. The zero-order valence-electron chi connectivity index (χ0n) is 3.19. The summed E-state index contributed by atoms with van der Waals surface area (Å²) in [6.45, 7) is 6.00. The van der Waals surface area contributed by atoms with E-state index in [1.165, 1.54) is 0 Å². The summed E-state index contributed by atoms with van der Waals surface area (Å²) in [5.41, 5.74) is 0. The summed E-state index contributed by atoms with van der Waals surface area (Å²) in [6.07, 6.45) is 0. The second-order valence-electron chi connectivity index (χ2n) is 0. The third-order valence-corrected chi connectivity index (χ3v) is 0. The minimum absolute atomic E-state index is 0. The van der Waals surface area contributed by atoms with Crippen molar-refractivity contribution < 1.29 is 24.6 Å². The molecule has 0 fully saturated rings. The van der Waals surface area contributed by atoms with Crippen LogP contribution in [0.1, 0.15) is 0 Å². The molecular weight excluding hydrogens is 155 g/mol. The first-order chi connectivity index (χ1) is 2.00. The Kier molecular flexibility index (Phi) is 1680. The van der Waals surface area contributed by atoms with Gasteiger partial charge in [0.15, 0.2) is 0 Å². The van der Waals surface area contributed by atoms with Crippen LogP contribution in [0.3, 0.4) is 0 Å². The van der Waals surface area contributed by atoms with Crippen LogP contribution in [-0.4, -0.2) is 12.2 Å². The number of rotatable bonds is 0. The van der Waals surface area contributed by atoms with Gasteiger partial charge in [-0.05, 0) is 0 Å². The van der Waals surface area contributed by atoms with Crippen LogP contribution in [0.25, 0.3) is 0 Å². The second kappa shape index (κ2) is 457. The third kappa shape index (κ3) is 223. The van der Waals surface area contributed by atoms with E-state index >= 15 is 0 Å². The fraction of sp³-hybridized carbons (Fsp3) is 0.333. The molecule has 0 bridgehead atoms. The molecule has 0 aromatic rings. The Labute approximate surface area is 45.5 Å². The van der Waals surface area contributed by atoms with E-state index in [-0.39, 0.29) is 19.5 Å². The third-order valence-electron chi connectivity index (χ3n) is 0. The number of aliphatic hydroxyl groups excluding tert-OH is 1. The molecule has 33 valence electrons. The van der Waals surface area contributed by atoms with Gasteiger partial charge in [0.25, 0.3) is 0 Å². The molecular formula is C3H8ORh+2. The first-order valence-corrected chi connectivity index (χ1v) is 0.947. The molecule has 1 radical (unpaired) electrons. The Hall–Kier alpha value is 0.323. The van der Waals surface area contributed by atoms with Crippen LogP contribution in [-0.2, 0) is 19.5 Å². The van der Waals surface area contributed by atoms with Gasteiger partial charge >= 0.3 is 19.5 Å².